The van der Waals surface area contributed by atoms with E-state index < -0.39 is 9.84 Å². The molecule has 0 unspecified atom stereocenters. The number of halogens is 2. The van der Waals surface area contributed by atoms with Crippen LogP contribution in [0.15, 0.2) is 71.9 Å². The molecule has 39 heavy (non-hydrogen) atoms. The van der Waals surface area contributed by atoms with Crippen LogP contribution in [0.2, 0.25) is 5.02 Å². The molecule has 5 rings (SSSR count). The number of amidine groups is 1. The minimum atomic E-state index is -3.02. The van der Waals surface area contributed by atoms with E-state index in [9.17, 15) is 12.8 Å². The number of ether oxygens (including phenoxy) is 1. The highest BCUT2D eigenvalue weighted by molar-refractivity contribution is 7.90. The van der Waals surface area contributed by atoms with Gasteiger partial charge in [-0.3, -0.25) is 0 Å². The summed E-state index contributed by atoms with van der Waals surface area (Å²) >= 11 is 6.53. The third kappa shape index (κ3) is 6.37. The predicted molar refractivity (Wildman–Crippen MR) is 149 cm³/mol. The fraction of sp³-hybridized carbons (Fsp3) is 0.222. The van der Waals surface area contributed by atoms with Crippen LogP contribution in [0, 0.1) is 5.82 Å². The molecule has 4 aromatic rings. The van der Waals surface area contributed by atoms with Crippen molar-refractivity contribution in [2.45, 2.75) is 19.4 Å². The Morgan fingerprint density at radius 1 is 1.10 bits per heavy atom. The number of fused-ring (bicyclic) bond motifs is 1. The largest absolute Gasteiger partial charge is 0.487 e. The summed E-state index contributed by atoms with van der Waals surface area (Å²) in [4.78, 5) is 6.46. The van der Waals surface area contributed by atoms with Gasteiger partial charge in [-0.15, -0.1) is 5.10 Å². The molecule has 3 aromatic carbocycles. The van der Waals surface area contributed by atoms with Gasteiger partial charge in [0.2, 0.25) is 0 Å². The molecule has 0 saturated heterocycles. The minimum absolute atomic E-state index is 0.103. The van der Waals surface area contributed by atoms with Crippen LogP contribution >= 0.6 is 11.6 Å². The normalized spacial score (nSPS) is 13.2. The van der Waals surface area contributed by atoms with Gasteiger partial charge in [0.05, 0.1) is 34.0 Å². The van der Waals surface area contributed by atoms with Gasteiger partial charge in [-0.25, -0.2) is 22.5 Å². The number of aromatic nitrogens is 3. The first-order chi connectivity index (χ1) is 18.7. The molecule has 0 atom stereocenters. The molecular weight excluding hydrogens is 543 g/mol. The quantitative estimate of drug-likeness (QED) is 0.317. The van der Waals surface area contributed by atoms with E-state index in [0.717, 1.165) is 22.6 Å². The molecule has 0 bridgehead atoms. The number of hydrogen-bond acceptors (Lipinski definition) is 8. The third-order valence-corrected chi connectivity index (χ3v) is 7.52. The second kappa shape index (κ2) is 11.0. The van der Waals surface area contributed by atoms with Gasteiger partial charge in [-0.2, -0.15) is 0 Å². The lowest BCUT2D eigenvalue weighted by Crippen LogP contribution is -2.29. The maximum absolute atomic E-state index is 13.4. The third-order valence-electron chi connectivity index (χ3n) is 6.19. The first kappa shape index (κ1) is 26.6. The molecule has 0 radical (unpaired) electrons. The second-order valence-electron chi connectivity index (χ2n) is 9.24. The van der Waals surface area contributed by atoms with Crippen molar-refractivity contribution in [3.05, 3.63) is 94.5 Å². The summed E-state index contributed by atoms with van der Waals surface area (Å²) < 4.78 is 43.6. The van der Waals surface area contributed by atoms with Crippen LogP contribution in [0.25, 0.3) is 5.69 Å². The van der Waals surface area contributed by atoms with Crippen molar-refractivity contribution in [3.8, 4) is 11.4 Å². The maximum atomic E-state index is 13.4. The van der Waals surface area contributed by atoms with E-state index in [1.165, 1.54) is 18.4 Å². The molecule has 1 aromatic heterocycles. The summed E-state index contributed by atoms with van der Waals surface area (Å²) in [5.41, 5.74) is 10.8. The van der Waals surface area contributed by atoms with Crippen LogP contribution in [0.5, 0.6) is 5.75 Å². The molecule has 2 N–H and O–H groups in total. The Morgan fingerprint density at radius 3 is 2.69 bits per heavy atom. The van der Waals surface area contributed by atoms with Crippen molar-refractivity contribution >= 4 is 38.6 Å². The highest BCUT2D eigenvalue weighted by Gasteiger charge is 2.22. The number of benzene rings is 3. The number of anilines is 2. The second-order valence-corrected chi connectivity index (χ2v) is 11.9. The maximum Gasteiger partial charge on any atom is 0.147 e. The molecule has 0 saturated carbocycles. The van der Waals surface area contributed by atoms with Crippen molar-refractivity contribution in [3.63, 3.8) is 0 Å². The first-order valence-electron chi connectivity index (χ1n) is 12.1. The number of rotatable bonds is 9. The van der Waals surface area contributed by atoms with Gasteiger partial charge < -0.3 is 15.4 Å². The topological polar surface area (TPSA) is 116 Å². The van der Waals surface area contributed by atoms with Crippen LogP contribution in [0.3, 0.4) is 0 Å². The molecular formula is C27H26ClFN6O3S. The van der Waals surface area contributed by atoms with Gasteiger partial charge in [-0.1, -0.05) is 28.9 Å². The molecule has 12 heteroatoms. The number of aryl methyl sites for hydroxylation is 1. The molecule has 1 aliphatic rings. The van der Waals surface area contributed by atoms with Crippen LogP contribution in [0.4, 0.5) is 15.8 Å². The number of nitrogens with zero attached hydrogens (tertiary/aromatic N) is 5. The van der Waals surface area contributed by atoms with E-state index in [2.05, 4.69) is 15.3 Å². The van der Waals surface area contributed by atoms with Gasteiger partial charge in [0.25, 0.3) is 0 Å². The molecule has 0 aliphatic carbocycles. The van der Waals surface area contributed by atoms with E-state index in [4.69, 9.17) is 22.1 Å². The highest BCUT2D eigenvalue weighted by Crippen LogP contribution is 2.36. The highest BCUT2D eigenvalue weighted by atomic mass is 35.5. The molecule has 0 spiro atoms. The van der Waals surface area contributed by atoms with E-state index in [1.54, 1.807) is 35.1 Å². The molecule has 0 fully saturated rings. The molecule has 9 nitrogen and oxygen atoms in total. The molecule has 202 valence electrons. The lowest BCUT2D eigenvalue weighted by atomic mass is 10.1. The van der Waals surface area contributed by atoms with Crippen LogP contribution < -0.4 is 15.4 Å². The van der Waals surface area contributed by atoms with Crippen LogP contribution in [0.1, 0.15) is 23.2 Å². The van der Waals surface area contributed by atoms with Crippen molar-refractivity contribution in [2.75, 3.05) is 23.6 Å². The first-order valence-corrected chi connectivity index (χ1v) is 14.6. The van der Waals surface area contributed by atoms with Crippen molar-refractivity contribution in [2.24, 2.45) is 10.7 Å². The Labute approximate surface area is 230 Å². The lowest BCUT2D eigenvalue weighted by Gasteiger charge is -2.29. The Kier molecular flexibility index (Phi) is 7.53. The zero-order valence-corrected chi connectivity index (χ0v) is 22.7. The van der Waals surface area contributed by atoms with Crippen molar-refractivity contribution in [1.82, 2.24) is 15.0 Å². The summed E-state index contributed by atoms with van der Waals surface area (Å²) in [6.45, 7) is 0.500. The van der Waals surface area contributed by atoms with Crippen LogP contribution in [-0.4, -0.2) is 47.9 Å². The standard InChI is InChI=1S/C27H26ClFN6O3S/c1-39(36,37)11-3-6-20-15-35(33-32-20)22-7-9-25-23(13-22)27(30)31-17-34(25)21-8-10-26(24(28)14-21)38-16-18-4-2-5-19(29)12-18/h2,4-5,7-10,12-15H,3,6,11,16-17H2,1H3,(H2,30,31). The van der Waals surface area contributed by atoms with Crippen molar-refractivity contribution in [1.29, 1.82) is 0 Å². The van der Waals surface area contributed by atoms with E-state index in [-0.39, 0.29) is 18.2 Å². The summed E-state index contributed by atoms with van der Waals surface area (Å²) in [6, 6.07) is 17.4. The van der Waals surface area contributed by atoms with E-state index in [0.29, 0.717) is 47.4 Å². The fourth-order valence-corrected chi connectivity index (χ4v) is 5.15. The smallest absolute Gasteiger partial charge is 0.147 e. The zero-order chi connectivity index (χ0) is 27.6. The number of aliphatic imine (C=N–C) groups is 1. The Balaban J connectivity index is 1.33. The van der Waals surface area contributed by atoms with E-state index >= 15 is 0 Å². The Bertz CT molecular complexity index is 1660. The van der Waals surface area contributed by atoms with Crippen LogP contribution in [-0.2, 0) is 22.9 Å². The van der Waals surface area contributed by atoms with Gasteiger partial charge in [-0.05, 0) is 66.9 Å². The van der Waals surface area contributed by atoms with Gasteiger partial charge in [0.1, 0.15) is 40.5 Å². The van der Waals surface area contributed by atoms with Gasteiger partial charge in [0.15, 0.2) is 0 Å². The zero-order valence-electron chi connectivity index (χ0n) is 21.1. The van der Waals surface area contributed by atoms with E-state index in [1.807, 2.05) is 29.2 Å². The summed E-state index contributed by atoms with van der Waals surface area (Å²) in [7, 11) is -3.02. The average Bonchev–Trinajstić information content (AvgIpc) is 3.36. The van der Waals surface area contributed by atoms with Crippen molar-refractivity contribution < 1.29 is 17.5 Å². The molecule has 0 amide bonds. The summed E-state index contributed by atoms with van der Waals surface area (Å²) in [5.74, 6) is 0.667. The number of sulfone groups is 1. The minimum Gasteiger partial charge on any atom is -0.487 e. The summed E-state index contributed by atoms with van der Waals surface area (Å²) in [5, 5.41) is 8.77. The van der Waals surface area contributed by atoms with Gasteiger partial charge in [0, 0.05) is 17.5 Å². The lowest BCUT2D eigenvalue weighted by molar-refractivity contribution is 0.306. The average molecular weight is 569 g/mol. The van der Waals surface area contributed by atoms with Gasteiger partial charge >= 0.3 is 0 Å². The predicted octanol–water partition coefficient (Wildman–Crippen LogP) is 4.43. The fourth-order valence-electron chi connectivity index (χ4n) is 4.25. The number of nitrogens with two attached hydrogens (primary N) is 1. The molecule has 2 heterocycles. The number of hydrogen-bond donors (Lipinski definition) is 1. The monoisotopic (exact) mass is 568 g/mol. The summed E-state index contributed by atoms with van der Waals surface area (Å²) in [6.07, 6.45) is 3.99. The SMILES string of the molecule is CS(=O)(=O)CCCc1cn(-c2ccc3c(c2)C(N)=NCN3c2ccc(OCc3cccc(F)c3)c(Cl)c2)nn1. The Hall–Kier alpha value is -3.96. The Morgan fingerprint density at radius 2 is 1.92 bits per heavy atom. The molecule has 1 aliphatic heterocycles.